The fraction of sp³-hybridized carbons (Fsp3) is 0.556. The van der Waals surface area contributed by atoms with Crippen molar-refractivity contribution in [3.05, 3.63) is 24.3 Å². The minimum atomic E-state index is 0.598. The molecule has 0 aliphatic heterocycles. The third kappa shape index (κ3) is 1.71. The van der Waals surface area contributed by atoms with Crippen LogP contribution in [0.15, 0.2) is 24.3 Å². The molecule has 0 aromatic rings. The molecular formula is C9H15N. The van der Waals surface area contributed by atoms with Crippen LogP contribution in [0.2, 0.25) is 0 Å². The topological polar surface area (TPSA) is 12.0 Å². The molecule has 1 nitrogen and oxygen atoms in total. The van der Waals surface area contributed by atoms with Crippen molar-refractivity contribution in [3.63, 3.8) is 0 Å². The third-order valence-electron chi connectivity index (χ3n) is 2.11. The Morgan fingerprint density at radius 1 is 1.50 bits per heavy atom. The predicted molar refractivity (Wildman–Crippen MR) is 44.9 cm³/mol. The van der Waals surface area contributed by atoms with E-state index in [-0.39, 0.29) is 0 Å². The lowest BCUT2D eigenvalue weighted by Gasteiger charge is -2.20. The minimum Gasteiger partial charge on any atom is -0.317 e. The van der Waals surface area contributed by atoms with Gasteiger partial charge in [0.2, 0.25) is 0 Å². The van der Waals surface area contributed by atoms with Crippen LogP contribution in [0.4, 0.5) is 0 Å². The van der Waals surface area contributed by atoms with Crippen molar-refractivity contribution in [2.45, 2.75) is 19.4 Å². The van der Waals surface area contributed by atoms with Crippen LogP contribution < -0.4 is 5.32 Å². The Morgan fingerprint density at radius 2 is 2.30 bits per heavy atom. The zero-order valence-electron chi connectivity index (χ0n) is 6.67. The molecule has 0 aromatic heterocycles. The highest BCUT2D eigenvalue weighted by Gasteiger charge is 2.11. The summed E-state index contributed by atoms with van der Waals surface area (Å²) in [5, 5.41) is 3.25. The number of allylic oxidation sites excluding steroid dienone is 3. The fourth-order valence-electron chi connectivity index (χ4n) is 1.18. The monoisotopic (exact) mass is 137 g/mol. The summed E-state index contributed by atoms with van der Waals surface area (Å²) in [6.45, 7) is 2.22. The first-order valence-corrected chi connectivity index (χ1v) is 3.85. The molecular weight excluding hydrogens is 122 g/mol. The summed E-state index contributed by atoms with van der Waals surface area (Å²) >= 11 is 0. The Balaban J connectivity index is 2.42. The lowest BCUT2D eigenvalue weighted by molar-refractivity contribution is 0.468. The average Bonchev–Trinajstić information content (AvgIpc) is 2.05. The quantitative estimate of drug-likeness (QED) is 0.611. The molecule has 0 amide bonds. The van der Waals surface area contributed by atoms with Gasteiger partial charge in [0.1, 0.15) is 0 Å². The molecule has 1 aliphatic carbocycles. The second-order valence-electron chi connectivity index (χ2n) is 2.79. The first-order valence-electron chi connectivity index (χ1n) is 3.85. The van der Waals surface area contributed by atoms with Crippen molar-refractivity contribution in [1.82, 2.24) is 5.32 Å². The highest BCUT2D eigenvalue weighted by atomic mass is 14.9. The molecule has 1 rings (SSSR count). The zero-order chi connectivity index (χ0) is 7.40. The summed E-state index contributed by atoms with van der Waals surface area (Å²) in [5.41, 5.74) is 0. The van der Waals surface area contributed by atoms with Crippen molar-refractivity contribution >= 4 is 0 Å². The Kier molecular flexibility index (Phi) is 2.69. The van der Waals surface area contributed by atoms with Gasteiger partial charge in [-0.1, -0.05) is 24.3 Å². The second kappa shape index (κ2) is 3.57. The first-order chi connectivity index (χ1) is 4.84. The van der Waals surface area contributed by atoms with Gasteiger partial charge in [-0.3, -0.25) is 0 Å². The van der Waals surface area contributed by atoms with E-state index in [0.717, 1.165) is 0 Å². The van der Waals surface area contributed by atoms with Gasteiger partial charge >= 0.3 is 0 Å². The number of hydrogen-bond donors (Lipinski definition) is 1. The molecule has 56 valence electrons. The van der Waals surface area contributed by atoms with Crippen molar-refractivity contribution in [1.29, 1.82) is 0 Å². The largest absolute Gasteiger partial charge is 0.317 e. The van der Waals surface area contributed by atoms with Gasteiger partial charge in [0.15, 0.2) is 0 Å². The van der Waals surface area contributed by atoms with Crippen LogP contribution in [0.5, 0.6) is 0 Å². The van der Waals surface area contributed by atoms with Crippen molar-refractivity contribution in [3.8, 4) is 0 Å². The zero-order valence-corrected chi connectivity index (χ0v) is 6.67. The molecule has 1 N–H and O–H groups in total. The Hall–Kier alpha value is -0.560. The molecule has 0 fully saturated rings. The van der Waals surface area contributed by atoms with Crippen LogP contribution in [0.1, 0.15) is 13.3 Å². The average molecular weight is 137 g/mol. The molecule has 0 aromatic carbocycles. The van der Waals surface area contributed by atoms with E-state index in [1.54, 1.807) is 0 Å². The molecule has 0 saturated carbocycles. The highest BCUT2D eigenvalue weighted by Crippen LogP contribution is 2.14. The maximum Gasteiger partial charge on any atom is 0.0102 e. The summed E-state index contributed by atoms with van der Waals surface area (Å²) in [7, 11) is 2.01. The Morgan fingerprint density at radius 3 is 2.80 bits per heavy atom. The van der Waals surface area contributed by atoms with E-state index in [1.165, 1.54) is 6.42 Å². The summed E-state index contributed by atoms with van der Waals surface area (Å²) in [5.74, 6) is 0.690. The van der Waals surface area contributed by atoms with Gasteiger partial charge in [-0.05, 0) is 26.3 Å². The van der Waals surface area contributed by atoms with Crippen molar-refractivity contribution in [2.75, 3.05) is 7.05 Å². The van der Waals surface area contributed by atoms with Crippen LogP contribution in [0.3, 0.4) is 0 Å². The normalized spacial score (nSPS) is 26.8. The molecule has 0 saturated heterocycles. The van der Waals surface area contributed by atoms with E-state index in [4.69, 9.17) is 0 Å². The lowest BCUT2D eigenvalue weighted by Crippen LogP contribution is -2.29. The fourth-order valence-corrected chi connectivity index (χ4v) is 1.18. The molecule has 1 heteroatoms. The molecule has 0 heterocycles. The van der Waals surface area contributed by atoms with Crippen LogP contribution >= 0.6 is 0 Å². The molecule has 1 unspecified atom stereocenters. The van der Waals surface area contributed by atoms with Gasteiger partial charge in [-0.25, -0.2) is 0 Å². The van der Waals surface area contributed by atoms with E-state index in [2.05, 4.69) is 36.5 Å². The maximum atomic E-state index is 3.25. The van der Waals surface area contributed by atoms with Crippen molar-refractivity contribution < 1.29 is 0 Å². The van der Waals surface area contributed by atoms with Crippen molar-refractivity contribution in [2.24, 2.45) is 5.92 Å². The van der Waals surface area contributed by atoms with Gasteiger partial charge < -0.3 is 5.32 Å². The Bertz CT molecular complexity index is 147. The highest BCUT2D eigenvalue weighted by molar-refractivity contribution is 5.12. The summed E-state index contributed by atoms with van der Waals surface area (Å²) in [6, 6.07) is 0.598. The van der Waals surface area contributed by atoms with E-state index in [1.807, 2.05) is 7.05 Å². The molecule has 0 radical (unpaired) electrons. The van der Waals surface area contributed by atoms with Gasteiger partial charge in [0.05, 0.1) is 0 Å². The Labute approximate surface area is 62.8 Å². The smallest absolute Gasteiger partial charge is 0.0102 e. The molecule has 0 bridgehead atoms. The SMILES string of the molecule is CN[C@H](C)C1C=CC=CC1. The van der Waals surface area contributed by atoms with Crippen LogP contribution in [0.25, 0.3) is 0 Å². The number of nitrogens with one attached hydrogen (secondary N) is 1. The van der Waals surface area contributed by atoms with E-state index < -0.39 is 0 Å². The standard InChI is InChI=1S/C9H15N/c1-8(10-2)9-6-4-3-5-7-9/h3-6,8-10H,7H2,1-2H3/t8-,9?/m1/s1. The van der Waals surface area contributed by atoms with E-state index in [9.17, 15) is 0 Å². The number of hydrogen-bond acceptors (Lipinski definition) is 1. The van der Waals surface area contributed by atoms with Gasteiger partial charge in [0.25, 0.3) is 0 Å². The molecule has 1 aliphatic rings. The third-order valence-corrected chi connectivity index (χ3v) is 2.11. The molecule has 0 spiro atoms. The summed E-state index contributed by atoms with van der Waals surface area (Å²) in [4.78, 5) is 0. The van der Waals surface area contributed by atoms with Gasteiger partial charge in [0, 0.05) is 6.04 Å². The summed E-state index contributed by atoms with van der Waals surface area (Å²) < 4.78 is 0. The van der Waals surface area contributed by atoms with Crippen LogP contribution in [-0.4, -0.2) is 13.1 Å². The van der Waals surface area contributed by atoms with Crippen LogP contribution in [0, 0.1) is 5.92 Å². The second-order valence-corrected chi connectivity index (χ2v) is 2.79. The maximum absolute atomic E-state index is 3.25. The lowest BCUT2D eigenvalue weighted by atomic mass is 9.94. The predicted octanol–water partition coefficient (Wildman–Crippen LogP) is 1.73. The number of rotatable bonds is 2. The van der Waals surface area contributed by atoms with E-state index >= 15 is 0 Å². The minimum absolute atomic E-state index is 0.598. The van der Waals surface area contributed by atoms with Gasteiger partial charge in [-0.2, -0.15) is 0 Å². The molecule has 2 atom stereocenters. The first kappa shape index (κ1) is 7.55. The molecule has 10 heavy (non-hydrogen) atoms. The van der Waals surface area contributed by atoms with Crippen LogP contribution in [-0.2, 0) is 0 Å². The summed E-state index contributed by atoms with van der Waals surface area (Å²) in [6.07, 6.45) is 9.90. The van der Waals surface area contributed by atoms with Gasteiger partial charge in [-0.15, -0.1) is 0 Å². The van der Waals surface area contributed by atoms with E-state index in [0.29, 0.717) is 12.0 Å².